The normalized spacial score (nSPS) is 14.4. The molecule has 0 radical (unpaired) electrons. The fourth-order valence-electron chi connectivity index (χ4n) is 3.11. The van der Waals surface area contributed by atoms with Crippen molar-refractivity contribution >= 4 is 10.9 Å². The summed E-state index contributed by atoms with van der Waals surface area (Å²) in [6.45, 7) is 11.5. The number of hydrogen-bond acceptors (Lipinski definition) is 0. The minimum atomic E-state index is 0.174. The average Bonchev–Trinajstić information content (AvgIpc) is 2.59. The van der Waals surface area contributed by atoms with E-state index in [1.807, 2.05) is 0 Å². The molecule has 2 aromatic rings. The van der Waals surface area contributed by atoms with Gasteiger partial charge < -0.3 is 0 Å². The van der Waals surface area contributed by atoms with Crippen molar-refractivity contribution in [3.05, 3.63) is 60.2 Å². The van der Waals surface area contributed by atoms with Gasteiger partial charge in [0.2, 0.25) is 0 Å². The smallest absolute Gasteiger partial charge is 0.0654 e. The van der Waals surface area contributed by atoms with E-state index in [-0.39, 0.29) is 16.3 Å². The molecule has 0 saturated carbocycles. The van der Waals surface area contributed by atoms with Gasteiger partial charge in [-0.1, -0.05) is 71.4 Å². The van der Waals surface area contributed by atoms with Crippen molar-refractivity contribution < 1.29 is 0 Å². The Bertz CT molecular complexity index is 592. The number of rotatable bonds is 7. The molecule has 2 unspecified atom stereocenters. The minimum absolute atomic E-state index is 0.174. The van der Waals surface area contributed by atoms with Crippen LogP contribution in [0.4, 0.5) is 0 Å². The van der Waals surface area contributed by atoms with E-state index < -0.39 is 0 Å². The average molecular weight is 342 g/mol. The summed E-state index contributed by atoms with van der Waals surface area (Å²) in [7, 11) is 0.174. The van der Waals surface area contributed by atoms with E-state index in [9.17, 15) is 0 Å². The molecule has 0 aromatic heterocycles. The lowest BCUT2D eigenvalue weighted by molar-refractivity contribution is 0.589. The third-order valence-corrected chi connectivity index (χ3v) is 7.44. The van der Waals surface area contributed by atoms with Crippen LogP contribution in [0.2, 0.25) is 0 Å². The van der Waals surface area contributed by atoms with Crippen molar-refractivity contribution in [3.63, 3.8) is 0 Å². The van der Waals surface area contributed by atoms with E-state index in [0.717, 1.165) is 5.25 Å². The highest BCUT2D eigenvalue weighted by Gasteiger charge is 2.34. The van der Waals surface area contributed by atoms with E-state index in [2.05, 4.69) is 89.2 Å². The summed E-state index contributed by atoms with van der Waals surface area (Å²) in [5.41, 5.74) is 1.64. The fraction of sp³-hybridized carbons (Fsp3) is 0.478. The molecule has 0 aliphatic heterocycles. The maximum Gasteiger partial charge on any atom is 0.161 e. The van der Waals surface area contributed by atoms with Crippen LogP contribution in [0.5, 0.6) is 0 Å². The largest absolute Gasteiger partial charge is 0.161 e. The highest BCUT2D eigenvalue weighted by Crippen LogP contribution is 2.33. The molecule has 0 nitrogen and oxygen atoms in total. The van der Waals surface area contributed by atoms with E-state index in [0.29, 0.717) is 0 Å². The molecular formula is C23H33S+. The summed E-state index contributed by atoms with van der Waals surface area (Å²) in [6, 6.07) is 20.6. The zero-order chi connectivity index (χ0) is 17.6. The molecule has 24 heavy (non-hydrogen) atoms. The Hall–Kier alpha value is -1.21. The van der Waals surface area contributed by atoms with Gasteiger partial charge in [-0.2, -0.15) is 0 Å². The van der Waals surface area contributed by atoms with Crippen LogP contribution in [0.25, 0.3) is 0 Å². The van der Waals surface area contributed by atoms with Crippen LogP contribution in [-0.4, -0.2) is 5.25 Å². The van der Waals surface area contributed by atoms with Gasteiger partial charge in [0.1, 0.15) is 5.25 Å². The molecule has 0 spiro atoms. The van der Waals surface area contributed by atoms with Gasteiger partial charge in [0, 0.05) is 0 Å². The second-order valence-electron chi connectivity index (χ2n) is 7.60. The monoisotopic (exact) mass is 341 g/mol. The topological polar surface area (TPSA) is 0 Å². The Labute approximate surface area is 152 Å². The van der Waals surface area contributed by atoms with Gasteiger partial charge in [0.25, 0.3) is 0 Å². The lowest BCUT2D eigenvalue weighted by Crippen LogP contribution is -2.22. The zero-order valence-electron chi connectivity index (χ0n) is 16.0. The van der Waals surface area contributed by atoms with Crippen LogP contribution >= 0.6 is 0 Å². The lowest BCUT2D eigenvalue weighted by atomic mass is 9.87. The first-order valence-electron chi connectivity index (χ1n) is 9.36. The molecule has 2 atom stereocenters. The molecule has 0 bridgehead atoms. The molecule has 2 aromatic carbocycles. The van der Waals surface area contributed by atoms with E-state index in [1.54, 1.807) is 0 Å². The van der Waals surface area contributed by atoms with Crippen LogP contribution in [-0.2, 0) is 16.3 Å². The first-order chi connectivity index (χ1) is 11.5. The quantitative estimate of drug-likeness (QED) is 0.476. The second kappa shape index (κ2) is 8.76. The maximum atomic E-state index is 2.38. The van der Waals surface area contributed by atoms with Gasteiger partial charge >= 0.3 is 0 Å². The van der Waals surface area contributed by atoms with Crippen molar-refractivity contribution in [1.82, 2.24) is 0 Å². The number of hydrogen-bond donors (Lipinski definition) is 0. The van der Waals surface area contributed by atoms with Gasteiger partial charge in [-0.05, 0) is 54.5 Å². The summed E-state index contributed by atoms with van der Waals surface area (Å²) in [5, 5.41) is 0.743. The van der Waals surface area contributed by atoms with Gasteiger partial charge in [-0.25, -0.2) is 0 Å². The highest BCUT2D eigenvalue weighted by atomic mass is 32.2. The molecule has 1 heteroatoms. The van der Waals surface area contributed by atoms with E-state index >= 15 is 0 Å². The van der Waals surface area contributed by atoms with Crippen LogP contribution in [0.1, 0.15) is 65.9 Å². The molecule has 0 heterocycles. The summed E-state index contributed by atoms with van der Waals surface area (Å²) in [6.07, 6.45) is 5.19. The standard InChI is InChI=1S/C23H33S/c1-6-8-12-20(7-2)24(21-13-10-9-11-14-21)22-17-15-19(16-18-22)23(3,4)5/h9-11,13-18,20H,6-8,12H2,1-5H3/q+1. The molecule has 0 amide bonds. The lowest BCUT2D eigenvalue weighted by Gasteiger charge is -2.21. The van der Waals surface area contributed by atoms with Crippen molar-refractivity contribution in [2.24, 2.45) is 0 Å². The number of benzene rings is 2. The maximum absolute atomic E-state index is 2.38. The van der Waals surface area contributed by atoms with Gasteiger partial charge in [-0.3, -0.25) is 0 Å². The first kappa shape index (κ1) is 19.1. The van der Waals surface area contributed by atoms with Gasteiger partial charge in [-0.15, -0.1) is 0 Å². The van der Waals surface area contributed by atoms with Gasteiger partial charge in [0.05, 0.1) is 10.9 Å². The molecule has 0 aliphatic rings. The Morgan fingerprint density at radius 3 is 1.92 bits per heavy atom. The Balaban J connectivity index is 2.38. The fourth-order valence-corrected chi connectivity index (χ4v) is 5.77. The summed E-state index contributed by atoms with van der Waals surface area (Å²) in [5.74, 6) is 0. The zero-order valence-corrected chi connectivity index (χ0v) is 16.8. The molecule has 0 aliphatic carbocycles. The molecule has 0 N–H and O–H groups in total. The van der Waals surface area contributed by atoms with Crippen molar-refractivity contribution in [3.8, 4) is 0 Å². The van der Waals surface area contributed by atoms with Crippen LogP contribution in [0, 0.1) is 0 Å². The second-order valence-corrected chi connectivity index (χ2v) is 9.88. The van der Waals surface area contributed by atoms with Crippen molar-refractivity contribution in [2.75, 3.05) is 0 Å². The molecule has 0 saturated heterocycles. The molecular weight excluding hydrogens is 308 g/mol. The van der Waals surface area contributed by atoms with E-state index in [4.69, 9.17) is 0 Å². The molecule has 0 fully saturated rings. The summed E-state index contributed by atoms with van der Waals surface area (Å²) >= 11 is 0. The van der Waals surface area contributed by atoms with Crippen LogP contribution in [0.3, 0.4) is 0 Å². The highest BCUT2D eigenvalue weighted by molar-refractivity contribution is 7.97. The third-order valence-electron chi connectivity index (χ3n) is 4.64. The van der Waals surface area contributed by atoms with Crippen LogP contribution in [0.15, 0.2) is 64.4 Å². The molecule has 130 valence electrons. The van der Waals surface area contributed by atoms with Crippen molar-refractivity contribution in [1.29, 1.82) is 0 Å². The van der Waals surface area contributed by atoms with Crippen molar-refractivity contribution in [2.45, 2.75) is 80.8 Å². The number of unbranched alkanes of at least 4 members (excludes halogenated alkanes) is 1. The van der Waals surface area contributed by atoms with Gasteiger partial charge in [0.15, 0.2) is 9.79 Å². The first-order valence-corrected chi connectivity index (χ1v) is 10.6. The summed E-state index contributed by atoms with van der Waals surface area (Å²) < 4.78 is 0. The predicted octanol–water partition coefficient (Wildman–Crippen LogP) is 6.99. The van der Waals surface area contributed by atoms with Crippen LogP contribution < -0.4 is 0 Å². The Kier molecular flexibility index (Phi) is 6.98. The summed E-state index contributed by atoms with van der Waals surface area (Å²) in [4.78, 5) is 2.99. The molecule has 2 rings (SSSR count). The Morgan fingerprint density at radius 1 is 0.833 bits per heavy atom. The predicted molar refractivity (Wildman–Crippen MR) is 109 cm³/mol. The SMILES string of the molecule is CCCCC(CC)[S+](c1ccccc1)c1ccc(C(C)(C)C)cc1. The van der Waals surface area contributed by atoms with E-state index in [1.165, 1.54) is 41.0 Å². The Morgan fingerprint density at radius 2 is 1.42 bits per heavy atom. The third kappa shape index (κ3) is 4.89. The minimum Gasteiger partial charge on any atom is -0.0654 e.